The zero-order valence-corrected chi connectivity index (χ0v) is 12.5. The van der Waals surface area contributed by atoms with Gasteiger partial charge in [-0.2, -0.15) is 0 Å². The van der Waals surface area contributed by atoms with Crippen LogP contribution in [0.4, 0.5) is 5.69 Å². The van der Waals surface area contributed by atoms with Crippen molar-refractivity contribution in [2.24, 2.45) is 0 Å². The van der Waals surface area contributed by atoms with Crippen molar-refractivity contribution in [2.75, 3.05) is 0 Å². The van der Waals surface area contributed by atoms with Crippen LogP contribution < -0.4 is 4.74 Å². The van der Waals surface area contributed by atoms with Gasteiger partial charge in [-0.1, -0.05) is 15.9 Å². The fraction of sp³-hybridized carbons (Fsp3) is 0.538. The third-order valence-corrected chi connectivity index (χ3v) is 3.85. The smallest absolute Gasteiger partial charge is 0.312 e. The number of hydrogen-bond donors (Lipinski definition) is 2. The van der Waals surface area contributed by atoms with Gasteiger partial charge in [-0.15, -0.1) is 0 Å². The third kappa shape index (κ3) is 3.11. The van der Waals surface area contributed by atoms with Crippen molar-refractivity contribution in [3.05, 3.63) is 32.3 Å². The molecule has 20 heavy (non-hydrogen) atoms. The van der Waals surface area contributed by atoms with E-state index in [1.165, 1.54) is 13.0 Å². The standard InChI is InChI=1S/C13H16BrNO5/c1-7(16)9-5-8(14)6-10(15(18)19)13(9)20-12-4-2-3-11(12)17/h5-7,11-12,16-17H,2-4H2,1H3/t7-,11?,12?/m0/s1. The maximum atomic E-state index is 11.2. The highest BCUT2D eigenvalue weighted by Crippen LogP contribution is 2.40. The van der Waals surface area contributed by atoms with E-state index in [1.807, 2.05) is 0 Å². The number of nitro groups is 1. The molecule has 2 rings (SSSR count). The summed E-state index contributed by atoms with van der Waals surface area (Å²) in [5.74, 6) is 0.0409. The Bertz CT molecular complexity index is 520. The van der Waals surface area contributed by atoms with Gasteiger partial charge in [-0.05, 0) is 32.3 Å². The van der Waals surface area contributed by atoms with Crippen LogP contribution >= 0.6 is 15.9 Å². The van der Waals surface area contributed by atoms with Crippen LogP contribution in [0.1, 0.15) is 37.9 Å². The van der Waals surface area contributed by atoms with Crippen molar-refractivity contribution >= 4 is 21.6 Å². The quantitative estimate of drug-likeness (QED) is 0.646. The van der Waals surface area contributed by atoms with Crippen LogP contribution in [0.15, 0.2) is 16.6 Å². The predicted molar refractivity (Wildman–Crippen MR) is 75.7 cm³/mol. The lowest BCUT2D eigenvalue weighted by Crippen LogP contribution is -2.26. The largest absolute Gasteiger partial charge is 0.480 e. The van der Waals surface area contributed by atoms with Gasteiger partial charge >= 0.3 is 5.69 Å². The Morgan fingerprint density at radius 1 is 1.50 bits per heavy atom. The molecule has 6 nitrogen and oxygen atoms in total. The molecule has 2 N–H and O–H groups in total. The highest BCUT2D eigenvalue weighted by Gasteiger charge is 2.31. The predicted octanol–water partition coefficient (Wildman–Crippen LogP) is 2.70. The maximum absolute atomic E-state index is 11.2. The molecule has 1 aromatic carbocycles. The number of rotatable bonds is 4. The summed E-state index contributed by atoms with van der Waals surface area (Å²) in [6.07, 6.45) is 0.0968. The molecular weight excluding hydrogens is 330 g/mol. The molecular formula is C13H16BrNO5. The van der Waals surface area contributed by atoms with Crippen molar-refractivity contribution in [3.63, 3.8) is 0 Å². The molecule has 0 aliphatic heterocycles. The Morgan fingerprint density at radius 3 is 2.70 bits per heavy atom. The first-order valence-electron chi connectivity index (χ1n) is 6.40. The Hall–Kier alpha value is -1.18. The lowest BCUT2D eigenvalue weighted by molar-refractivity contribution is -0.386. The monoisotopic (exact) mass is 345 g/mol. The second-order valence-electron chi connectivity index (χ2n) is 4.93. The van der Waals surface area contributed by atoms with Gasteiger partial charge < -0.3 is 14.9 Å². The summed E-state index contributed by atoms with van der Waals surface area (Å²) >= 11 is 3.19. The molecule has 1 aromatic rings. The van der Waals surface area contributed by atoms with Crippen molar-refractivity contribution in [1.29, 1.82) is 0 Å². The average molecular weight is 346 g/mol. The summed E-state index contributed by atoms with van der Waals surface area (Å²) in [5.41, 5.74) is 0.125. The minimum Gasteiger partial charge on any atom is -0.480 e. The molecule has 1 fully saturated rings. The Morgan fingerprint density at radius 2 is 2.20 bits per heavy atom. The number of hydrogen-bond acceptors (Lipinski definition) is 5. The van der Waals surface area contributed by atoms with Crippen LogP contribution in [0.3, 0.4) is 0 Å². The van der Waals surface area contributed by atoms with Gasteiger partial charge in [0.15, 0.2) is 0 Å². The van der Waals surface area contributed by atoms with Gasteiger partial charge in [0.05, 0.1) is 17.1 Å². The van der Waals surface area contributed by atoms with Crippen molar-refractivity contribution < 1.29 is 19.9 Å². The Balaban J connectivity index is 2.44. The van der Waals surface area contributed by atoms with Gasteiger partial charge in [0.1, 0.15) is 6.10 Å². The molecule has 1 aliphatic rings. The molecule has 0 spiro atoms. The maximum Gasteiger partial charge on any atom is 0.312 e. The molecule has 0 amide bonds. The highest BCUT2D eigenvalue weighted by molar-refractivity contribution is 9.10. The molecule has 7 heteroatoms. The van der Waals surface area contributed by atoms with Crippen LogP contribution in [0.5, 0.6) is 5.75 Å². The van der Waals surface area contributed by atoms with Crippen LogP contribution in [0.25, 0.3) is 0 Å². The van der Waals surface area contributed by atoms with Crippen molar-refractivity contribution in [2.45, 2.75) is 44.5 Å². The minimum atomic E-state index is -0.903. The number of halogens is 1. The summed E-state index contributed by atoms with van der Waals surface area (Å²) in [6, 6.07) is 2.93. The number of aliphatic hydroxyl groups is 2. The summed E-state index contributed by atoms with van der Waals surface area (Å²) in [6.45, 7) is 1.52. The van der Waals surface area contributed by atoms with Gasteiger partial charge in [0.2, 0.25) is 5.75 Å². The first-order chi connectivity index (χ1) is 9.40. The number of ether oxygens (including phenoxy) is 1. The second-order valence-corrected chi connectivity index (χ2v) is 5.85. The van der Waals surface area contributed by atoms with E-state index in [9.17, 15) is 20.3 Å². The summed E-state index contributed by atoms with van der Waals surface area (Å²) < 4.78 is 6.15. The van der Waals surface area contributed by atoms with Gasteiger partial charge in [-0.25, -0.2) is 0 Å². The molecule has 0 aromatic heterocycles. The molecule has 1 aliphatic carbocycles. The molecule has 0 saturated heterocycles. The number of benzene rings is 1. The molecule has 0 bridgehead atoms. The van der Waals surface area contributed by atoms with Crippen molar-refractivity contribution in [1.82, 2.24) is 0 Å². The second kappa shape index (κ2) is 6.07. The zero-order valence-electron chi connectivity index (χ0n) is 11.0. The van der Waals surface area contributed by atoms with E-state index in [2.05, 4.69) is 15.9 Å². The Kier molecular flexibility index (Phi) is 4.62. The average Bonchev–Trinajstić information content (AvgIpc) is 2.76. The topological polar surface area (TPSA) is 92.8 Å². The number of nitro benzene ring substituents is 1. The molecule has 110 valence electrons. The Labute approximate surface area is 124 Å². The van der Waals surface area contributed by atoms with E-state index in [0.717, 1.165) is 6.42 Å². The molecule has 0 heterocycles. The minimum absolute atomic E-state index is 0.0409. The summed E-state index contributed by atoms with van der Waals surface area (Å²) in [4.78, 5) is 10.6. The van der Waals surface area contributed by atoms with E-state index in [-0.39, 0.29) is 11.4 Å². The zero-order chi connectivity index (χ0) is 14.9. The van der Waals surface area contributed by atoms with Gasteiger partial charge in [-0.3, -0.25) is 10.1 Å². The van der Waals surface area contributed by atoms with Crippen LogP contribution in [0.2, 0.25) is 0 Å². The van der Waals surface area contributed by atoms with E-state index in [0.29, 0.717) is 22.9 Å². The van der Waals surface area contributed by atoms with E-state index in [4.69, 9.17) is 4.74 Å². The van der Waals surface area contributed by atoms with Crippen molar-refractivity contribution in [3.8, 4) is 5.75 Å². The van der Waals surface area contributed by atoms with Gasteiger partial charge in [0.25, 0.3) is 0 Å². The lowest BCUT2D eigenvalue weighted by atomic mass is 10.1. The highest BCUT2D eigenvalue weighted by atomic mass is 79.9. The van der Waals surface area contributed by atoms with E-state index >= 15 is 0 Å². The number of aliphatic hydroxyl groups excluding tert-OH is 2. The molecule has 2 unspecified atom stereocenters. The molecule has 0 radical (unpaired) electrons. The molecule has 1 saturated carbocycles. The first kappa shape index (κ1) is 15.2. The van der Waals surface area contributed by atoms with Crippen LogP contribution in [-0.2, 0) is 0 Å². The van der Waals surface area contributed by atoms with Gasteiger partial charge in [0, 0.05) is 16.1 Å². The normalized spacial score (nSPS) is 23.6. The van der Waals surface area contributed by atoms with E-state index < -0.39 is 23.2 Å². The first-order valence-corrected chi connectivity index (χ1v) is 7.20. The SMILES string of the molecule is C[C@H](O)c1cc(Br)cc([N+](=O)[O-])c1OC1CCCC1O. The summed E-state index contributed by atoms with van der Waals surface area (Å²) in [7, 11) is 0. The summed E-state index contributed by atoms with van der Waals surface area (Å²) in [5, 5.41) is 30.8. The van der Waals surface area contributed by atoms with Crippen LogP contribution in [-0.4, -0.2) is 27.3 Å². The fourth-order valence-corrected chi connectivity index (χ4v) is 2.83. The third-order valence-electron chi connectivity index (χ3n) is 3.40. The number of nitrogens with zero attached hydrogens (tertiary/aromatic N) is 1. The fourth-order valence-electron chi connectivity index (χ4n) is 2.37. The van der Waals surface area contributed by atoms with E-state index in [1.54, 1.807) is 6.07 Å². The van der Waals surface area contributed by atoms with Crippen LogP contribution in [0, 0.1) is 10.1 Å². The molecule has 3 atom stereocenters. The lowest BCUT2D eigenvalue weighted by Gasteiger charge is -2.20.